The van der Waals surface area contributed by atoms with Crippen LogP contribution in [0.25, 0.3) is 0 Å². The number of nitrogens with zero attached hydrogens (tertiary/aromatic N) is 1. The standard InChI is InChI=1S/C27H31N3O6/c1-7-17-13-20(25(32)30(6)21-14(2)12-15(3)28-24(21)31)16(4)22-23(17)36-27(5,35-22)18-8-10-19(11-9-18)29-26(33)34/h1,12-13,18-19,29H,8-11H2,2-6H3,(H,28,31)(H,33,34)/t18-,19-,27?. The van der Waals surface area contributed by atoms with Gasteiger partial charge in [-0.3, -0.25) is 9.59 Å². The number of aromatic amines is 1. The molecule has 0 saturated heterocycles. The quantitative estimate of drug-likeness (QED) is 0.556. The molecular formula is C27H31N3O6. The smallest absolute Gasteiger partial charge is 0.404 e. The Balaban J connectivity index is 1.64. The van der Waals surface area contributed by atoms with Crippen LogP contribution in [-0.4, -0.2) is 41.0 Å². The number of hydrogen-bond acceptors (Lipinski definition) is 5. The molecular weight excluding hydrogens is 462 g/mol. The number of carbonyl (C=O) groups is 2. The minimum atomic E-state index is -1.02. The van der Waals surface area contributed by atoms with E-state index in [2.05, 4.69) is 16.2 Å². The minimum Gasteiger partial charge on any atom is -0.465 e. The van der Waals surface area contributed by atoms with Crippen molar-refractivity contribution in [2.24, 2.45) is 5.92 Å². The van der Waals surface area contributed by atoms with E-state index in [0.29, 0.717) is 65.1 Å². The Morgan fingerprint density at radius 1 is 1.17 bits per heavy atom. The van der Waals surface area contributed by atoms with Gasteiger partial charge in [0, 0.05) is 42.8 Å². The van der Waals surface area contributed by atoms with Crippen LogP contribution in [0.4, 0.5) is 10.5 Å². The van der Waals surface area contributed by atoms with Crippen molar-refractivity contribution < 1.29 is 24.2 Å². The van der Waals surface area contributed by atoms with Gasteiger partial charge >= 0.3 is 6.09 Å². The number of benzene rings is 1. The summed E-state index contributed by atoms with van der Waals surface area (Å²) in [7, 11) is 1.56. The van der Waals surface area contributed by atoms with Crippen molar-refractivity contribution >= 4 is 17.7 Å². The molecule has 36 heavy (non-hydrogen) atoms. The zero-order valence-corrected chi connectivity index (χ0v) is 21.2. The summed E-state index contributed by atoms with van der Waals surface area (Å²) in [6.07, 6.45) is 7.55. The number of hydrogen-bond donors (Lipinski definition) is 3. The Kier molecular flexibility index (Phi) is 6.48. The van der Waals surface area contributed by atoms with Crippen LogP contribution in [0.1, 0.15) is 65.3 Å². The number of rotatable bonds is 4. The number of nitrogens with one attached hydrogen (secondary N) is 2. The Labute approximate surface area is 209 Å². The molecule has 1 aromatic heterocycles. The molecule has 1 aliphatic heterocycles. The van der Waals surface area contributed by atoms with Gasteiger partial charge in [0.1, 0.15) is 5.69 Å². The highest BCUT2D eigenvalue weighted by atomic mass is 16.7. The van der Waals surface area contributed by atoms with Gasteiger partial charge in [-0.15, -0.1) is 6.42 Å². The van der Waals surface area contributed by atoms with Crippen molar-refractivity contribution in [3.05, 3.63) is 50.4 Å². The van der Waals surface area contributed by atoms with E-state index >= 15 is 0 Å². The molecule has 2 aromatic rings. The molecule has 190 valence electrons. The lowest BCUT2D eigenvalue weighted by Gasteiger charge is -2.37. The van der Waals surface area contributed by atoms with Gasteiger partial charge in [0.15, 0.2) is 11.5 Å². The molecule has 9 nitrogen and oxygen atoms in total. The second-order valence-electron chi connectivity index (χ2n) is 9.79. The van der Waals surface area contributed by atoms with Crippen LogP contribution >= 0.6 is 0 Å². The van der Waals surface area contributed by atoms with Gasteiger partial charge in [-0.2, -0.15) is 0 Å². The number of terminal acetylenes is 1. The van der Waals surface area contributed by atoms with E-state index < -0.39 is 11.9 Å². The van der Waals surface area contributed by atoms with Crippen LogP contribution in [0, 0.1) is 39.0 Å². The van der Waals surface area contributed by atoms with Gasteiger partial charge in [0.05, 0.1) is 5.56 Å². The lowest BCUT2D eigenvalue weighted by Crippen LogP contribution is -2.47. The molecule has 9 heteroatoms. The molecule has 3 N–H and O–H groups in total. The summed E-state index contributed by atoms with van der Waals surface area (Å²) in [5.74, 6) is 2.08. The number of carboxylic acid groups (broad SMARTS) is 1. The predicted molar refractivity (Wildman–Crippen MR) is 135 cm³/mol. The van der Waals surface area contributed by atoms with Crippen LogP contribution in [0.5, 0.6) is 11.5 Å². The highest BCUT2D eigenvalue weighted by Gasteiger charge is 2.47. The maximum Gasteiger partial charge on any atom is 0.404 e. The van der Waals surface area contributed by atoms with E-state index in [1.165, 1.54) is 4.90 Å². The van der Waals surface area contributed by atoms with E-state index in [9.17, 15) is 14.4 Å². The highest BCUT2D eigenvalue weighted by Crippen LogP contribution is 2.50. The van der Waals surface area contributed by atoms with E-state index in [4.69, 9.17) is 21.0 Å². The summed E-state index contributed by atoms with van der Waals surface area (Å²) in [4.78, 5) is 41.2. The van der Waals surface area contributed by atoms with Crippen LogP contribution in [0.15, 0.2) is 16.9 Å². The summed E-state index contributed by atoms with van der Waals surface area (Å²) < 4.78 is 12.7. The van der Waals surface area contributed by atoms with E-state index in [-0.39, 0.29) is 29.1 Å². The molecule has 1 aromatic carbocycles. The van der Waals surface area contributed by atoms with Gasteiger partial charge in [0.2, 0.25) is 0 Å². The first-order valence-corrected chi connectivity index (χ1v) is 12.0. The van der Waals surface area contributed by atoms with E-state index in [1.807, 2.05) is 13.0 Å². The van der Waals surface area contributed by atoms with Crippen molar-refractivity contribution in [3.63, 3.8) is 0 Å². The number of H-pyrrole nitrogens is 1. The number of fused-ring (bicyclic) bond motifs is 1. The second-order valence-corrected chi connectivity index (χ2v) is 9.79. The van der Waals surface area contributed by atoms with Crippen LogP contribution in [-0.2, 0) is 0 Å². The molecule has 0 bridgehead atoms. The Bertz CT molecular complexity index is 1330. The zero-order valence-electron chi connectivity index (χ0n) is 21.2. The third-order valence-electron chi connectivity index (χ3n) is 7.25. The fraction of sp³-hybridized carbons (Fsp3) is 0.444. The first kappa shape index (κ1) is 25.2. The molecule has 0 radical (unpaired) electrons. The Hall–Kier alpha value is -3.93. The normalized spacial score (nSPS) is 22.6. The van der Waals surface area contributed by atoms with Gasteiger partial charge in [-0.05, 0) is 64.2 Å². The fourth-order valence-electron chi connectivity index (χ4n) is 5.36. The lowest BCUT2D eigenvalue weighted by molar-refractivity contribution is -0.121. The van der Waals surface area contributed by atoms with E-state index in [1.54, 1.807) is 33.9 Å². The molecule has 2 heterocycles. The number of carbonyl (C=O) groups excluding carboxylic acids is 1. The average Bonchev–Trinajstić information content (AvgIpc) is 3.17. The number of pyridine rings is 1. The second kappa shape index (κ2) is 9.26. The minimum absolute atomic E-state index is 0.0114. The maximum absolute atomic E-state index is 13.6. The van der Waals surface area contributed by atoms with Crippen LogP contribution in [0.2, 0.25) is 0 Å². The molecule has 0 spiro atoms. The molecule has 4 rings (SSSR count). The van der Waals surface area contributed by atoms with Gasteiger partial charge < -0.3 is 29.8 Å². The highest BCUT2D eigenvalue weighted by molar-refractivity contribution is 6.08. The van der Waals surface area contributed by atoms with Crippen molar-refractivity contribution in [1.82, 2.24) is 10.3 Å². The van der Waals surface area contributed by atoms with E-state index in [0.717, 1.165) is 0 Å². The molecule has 1 fully saturated rings. The third kappa shape index (κ3) is 4.39. The molecule has 1 aliphatic carbocycles. The van der Waals surface area contributed by atoms with Gasteiger partial charge in [-0.1, -0.05) is 5.92 Å². The first-order chi connectivity index (χ1) is 16.9. The van der Waals surface area contributed by atoms with Crippen LogP contribution < -0.4 is 25.2 Å². The molecule has 2 amide bonds. The molecule has 1 unspecified atom stereocenters. The van der Waals surface area contributed by atoms with Crippen molar-refractivity contribution in [2.45, 2.75) is 65.2 Å². The largest absolute Gasteiger partial charge is 0.465 e. The molecule has 1 atom stereocenters. The monoisotopic (exact) mass is 493 g/mol. The number of anilines is 1. The molecule has 2 aliphatic rings. The predicted octanol–water partition coefficient (Wildman–Crippen LogP) is 3.87. The van der Waals surface area contributed by atoms with Crippen LogP contribution in [0.3, 0.4) is 0 Å². The number of aromatic nitrogens is 1. The summed E-state index contributed by atoms with van der Waals surface area (Å²) in [5, 5.41) is 11.5. The summed E-state index contributed by atoms with van der Waals surface area (Å²) in [5.41, 5.74) is 2.61. The first-order valence-electron chi connectivity index (χ1n) is 12.0. The Morgan fingerprint density at radius 3 is 2.39 bits per heavy atom. The molecule has 1 saturated carbocycles. The SMILES string of the molecule is C#Cc1cc(C(=O)N(C)c2c(C)cc(C)[nH]c2=O)c(C)c2c1OC(C)([C@H]1CC[C@H](NC(=O)O)CC1)O2. The van der Waals surface area contributed by atoms with Crippen molar-refractivity contribution in [2.75, 3.05) is 11.9 Å². The summed E-state index contributed by atoms with van der Waals surface area (Å²) >= 11 is 0. The van der Waals surface area contributed by atoms with Gasteiger partial charge in [0.25, 0.3) is 17.3 Å². The van der Waals surface area contributed by atoms with Crippen molar-refractivity contribution in [1.29, 1.82) is 0 Å². The number of aryl methyl sites for hydroxylation is 2. The lowest BCUT2D eigenvalue weighted by atomic mass is 9.81. The Morgan fingerprint density at radius 2 is 1.81 bits per heavy atom. The summed E-state index contributed by atoms with van der Waals surface area (Å²) in [6, 6.07) is 3.32. The number of amides is 2. The zero-order chi connectivity index (χ0) is 26.4. The number of ether oxygens (including phenoxy) is 2. The topological polar surface area (TPSA) is 121 Å². The van der Waals surface area contributed by atoms with Crippen molar-refractivity contribution in [3.8, 4) is 23.8 Å². The fourth-order valence-corrected chi connectivity index (χ4v) is 5.36. The summed E-state index contributed by atoms with van der Waals surface area (Å²) in [6.45, 7) is 7.20. The maximum atomic E-state index is 13.6. The average molecular weight is 494 g/mol. The third-order valence-corrected chi connectivity index (χ3v) is 7.25. The van der Waals surface area contributed by atoms with Gasteiger partial charge in [-0.25, -0.2) is 4.79 Å².